The second-order valence-electron chi connectivity index (χ2n) is 5.58. The minimum atomic E-state index is -3.67. The summed E-state index contributed by atoms with van der Waals surface area (Å²) in [5.74, 6) is 0.466. The Bertz CT molecular complexity index is 667. The lowest BCUT2D eigenvalue weighted by molar-refractivity contribution is -0.0366. The molecule has 0 N–H and O–H groups in total. The molecule has 0 amide bonds. The first-order chi connectivity index (χ1) is 10.4. The average Bonchev–Trinajstić information content (AvgIpc) is 2.94. The summed E-state index contributed by atoms with van der Waals surface area (Å²) in [6, 6.07) is 4.73. The van der Waals surface area contributed by atoms with Crippen molar-refractivity contribution in [2.24, 2.45) is 0 Å². The number of benzene rings is 1. The summed E-state index contributed by atoms with van der Waals surface area (Å²) < 4.78 is 38.0. The van der Waals surface area contributed by atoms with E-state index in [-0.39, 0.29) is 22.1 Å². The Balaban J connectivity index is 1.91. The van der Waals surface area contributed by atoms with Crippen LogP contribution in [0, 0.1) is 0 Å². The molecule has 2 heterocycles. The van der Waals surface area contributed by atoms with Gasteiger partial charge in [0.15, 0.2) is 0 Å². The van der Waals surface area contributed by atoms with E-state index < -0.39 is 10.0 Å². The average molecular weight is 347 g/mol. The highest BCUT2D eigenvalue weighted by Crippen LogP contribution is 2.32. The molecule has 2 aliphatic heterocycles. The molecule has 0 aliphatic carbocycles. The number of morpholine rings is 1. The second kappa shape index (κ2) is 5.98. The molecule has 2 atom stereocenters. The first-order valence-corrected chi connectivity index (χ1v) is 8.91. The molecule has 0 aromatic heterocycles. The van der Waals surface area contributed by atoms with Gasteiger partial charge in [-0.15, -0.1) is 0 Å². The third-order valence-electron chi connectivity index (χ3n) is 4.30. The maximum Gasteiger partial charge on any atom is 0.244 e. The number of sulfonamides is 1. The van der Waals surface area contributed by atoms with Gasteiger partial charge in [0, 0.05) is 25.7 Å². The van der Waals surface area contributed by atoms with Crippen LogP contribution < -0.4 is 4.74 Å². The molecule has 0 radical (unpaired) electrons. The standard InChI is InChI=1S/C14H19ClN2O4S/c1-16-5-6-21-13-9-17(8-12(13)16)22(18,19)14-7-10(20-2)3-4-11(14)15/h3-4,7,12-13H,5-6,8-9H2,1-2H3/t12-,13+/m0/s1. The Morgan fingerprint density at radius 3 is 2.82 bits per heavy atom. The zero-order chi connectivity index (χ0) is 15.9. The number of likely N-dealkylation sites (N-methyl/N-ethyl adjacent to an activating group) is 1. The molecule has 2 fully saturated rings. The van der Waals surface area contributed by atoms with E-state index in [0.29, 0.717) is 25.4 Å². The molecule has 0 spiro atoms. The summed E-state index contributed by atoms with van der Waals surface area (Å²) in [4.78, 5) is 2.23. The van der Waals surface area contributed by atoms with Gasteiger partial charge in [0.25, 0.3) is 0 Å². The SMILES string of the molecule is COc1ccc(Cl)c(S(=O)(=O)N2C[C@H]3OCCN(C)[C@H]3C2)c1. The van der Waals surface area contributed by atoms with Crippen molar-refractivity contribution in [3.8, 4) is 5.75 Å². The van der Waals surface area contributed by atoms with Crippen LogP contribution >= 0.6 is 11.6 Å². The topological polar surface area (TPSA) is 59.1 Å². The highest BCUT2D eigenvalue weighted by Gasteiger charge is 2.44. The summed E-state index contributed by atoms with van der Waals surface area (Å²) in [5.41, 5.74) is 0. The quantitative estimate of drug-likeness (QED) is 0.819. The van der Waals surface area contributed by atoms with Gasteiger partial charge in [0.05, 0.1) is 30.9 Å². The van der Waals surface area contributed by atoms with Crippen molar-refractivity contribution in [3.63, 3.8) is 0 Å². The molecule has 0 saturated carbocycles. The zero-order valence-corrected chi connectivity index (χ0v) is 14.1. The largest absolute Gasteiger partial charge is 0.497 e. The summed E-state index contributed by atoms with van der Waals surface area (Å²) in [7, 11) is -0.181. The van der Waals surface area contributed by atoms with E-state index >= 15 is 0 Å². The lowest BCUT2D eigenvalue weighted by Crippen LogP contribution is -2.48. The Morgan fingerprint density at radius 2 is 2.14 bits per heavy atom. The van der Waals surface area contributed by atoms with Crippen LogP contribution in [0.3, 0.4) is 0 Å². The van der Waals surface area contributed by atoms with E-state index in [1.807, 2.05) is 7.05 Å². The van der Waals surface area contributed by atoms with Crippen molar-refractivity contribution in [1.82, 2.24) is 9.21 Å². The number of ether oxygens (including phenoxy) is 2. The van der Waals surface area contributed by atoms with Gasteiger partial charge >= 0.3 is 0 Å². The normalized spacial score (nSPS) is 26.9. The van der Waals surface area contributed by atoms with Gasteiger partial charge in [-0.05, 0) is 19.2 Å². The Kier molecular flexibility index (Phi) is 4.35. The van der Waals surface area contributed by atoms with Gasteiger partial charge in [0.1, 0.15) is 10.6 Å². The lowest BCUT2D eigenvalue weighted by atomic mass is 10.1. The Labute approximate surface area is 135 Å². The van der Waals surface area contributed by atoms with Crippen molar-refractivity contribution < 1.29 is 17.9 Å². The van der Waals surface area contributed by atoms with Gasteiger partial charge in [-0.25, -0.2) is 8.42 Å². The van der Waals surface area contributed by atoms with E-state index in [1.165, 1.54) is 17.5 Å². The van der Waals surface area contributed by atoms with Crippen molar-refractivity contribution in [3.05, 3.63) is 23.2 Å². The summed E-state index contributed by atoms with van der Waals surface area (Å²) in [5, 5.41) is 0.199. The Morgan fingerprint density at radius 1 is 1.36 bits per heavy atom. The van der Waals surface area contributed by atoms with Crippen LogP contribution in [0.1, 0.15) is 0 Å². The number of methoxy groups -OCH3 is 1. The fraction of sp³-hybridized carbons (Fsp3) is 0.571. The molecule has 3 rings (SSSR count). The summed E-state index contributed by atoms with van der Waals surface area (Å²) in [6.07, 6.45) is -0.0853. The first-order valence-electron chi connectivity index (χ1n) is 7.09. The van der Waals surface area contributed by atoms with E-state index in [0.717, 1.165) is 6.54 Å². The summed E-state index contributed by atoms with van der Waals surface area (Å²) in [6.45, 7) is 2.21. The van der Waals surface area contributed by atoms with E-state index in [2.05, 4.69) is 4.90 Å². The van der Waals surface area contributed by atoms with Crippen molar-refractivity contribution in [2.45, 2.75) is 17.0 Å². The number of hydrogen-bond donors (Lipinski definition) is 0. The van der Waals surface area contributed by atoms with Crippen LogP contribution in [-0.4, -0.2) is 70.2 Å². The predicted molar refractivity (Wildman–Crippen MR) is 82.9 cm³/mol. The monoisotopic (exact) mass is 346 g/mol. The van der Waals surface area contributed by atoms with Gasteiger partial charge in [-0.2, -0.15) is 4.31 Å². The molecule has 6 nitrogen and oxygen atoms in total. The van der Waals surface area contributed by atoms with Crippen molar-refractivity contribution in [2.75, 3.05) is 40.4 Å². The number of nitrogens with zero attached hydrogens (tertiary/aromatic N) is 2. The number of hydrogen-bond acceptors (Lipinski definition) is 5. The molecule has 2 saturated heterocycles. The van der Waals surface area contributed by atoms with Crippen molar-refractivity contribution >= 4 is 21.6 Å². The minimum Gasteiger partial charge on any atom is -0.497 e. The lowest BCUT2D eigenvalue weighted by Gasteiger charge is -2.33. The van der Waals surface area contributed by atoms with E-state index in [9.17, 15) is 8.42 Å². The predicted octanol–water partition coefficient (Wildman–Crippen LogP) is 1.05. The molecule has 0 unspecified atom stereocenters. The highest BCUT2D eigenvalue weighted by molar-refractivity contribution is 7.89. The van der Waals surface area contributed by atoms with Crippen molar-refractivity contribution in [1.29, 1.82) is 0 Å². The van der Waals surface area contributed by atoms with Crippen LogP contribution in [0.2, 0.25) is 5.02 Å². The third kappa shape index (κ3) is 2.72. The van der Waals surface area contributed by atoms with Crippen LogP contribution in [-0.2, 0) is 14.8 Å². The number of fused-ring (bicyclic) bond motifs is 1. The number of rotatable bonds is 3. The molecule has 1 aromatic rings. The molecule has 122 valence electrons. The molecule has 0 bridgehead atoms. The molecule has 2 aliphatic rings. The van der Waals surface area contributed by atoms with Gasteiger partial charge in [-0.1, -0.05) is 11.6 Å². The van der Waals surface area contributed by atoms with Crippen LogP contribution in [0.15, 0.2) is 23.1 Å². The fourth-order valence-corrected chi connectivity index (χ4v) is 4.93. The van der Waals surface area contributed by atoms with Crippen LogP contribution in [0.25, 0.3) is 0 Å². The van der Waals surface area contributed by atoms with Gasteiger partial charge < -0.3 is 9.47 Å². The molecular weight excluding hydrogens is 328 g/mol. The molecular formula is C14H19ClN2O4S. The van der Waals surface area contributed by atoms with Crippen LogP contribution in [0.4, 0.5) is 0 Å². The first kappa shape index (κ1) is 16.0. The molecule has 1 aromatic carbocycles. The molecule has 8 heteroatoms. The Hall–Kier alpha value is -0.860. The van der Waals surface area contributed by atoms with E-state index in [4.69, 9.17) is 21.1 Å². The number of halogens is 1. The summed E-state index contributed by atoms with van der Waals surface area (Å²) >= 11 is 6.09. The zero-order valence-electron chi connectivity index (χ0n) is 12.5. The van der Waals surface area contributed by atoms with E-state index in [1.54, 1.807) is 12.1 Å². The smallest absolute Gasteiger partial charge is 0.244 e. The van der Waals surface area contributed by atoms with Gasteiger partial charge in [-0.3, -0.25) is 4.90 Å². The maximum absolute atomic E-state index is 12.9. The molecule has 22 heavy (non-hydrogen) atoms. The minimum absolute atomic E-state index is 0.0785. The fourth-order valence-electron chi connectivity index (χ4n) is 2.97. The maximum atomic E-state index is 12.9. The van der Waals surface area contributed by atoms with Crippen LogP contribution in [0.5, 0.6) is 5.75 Å². The third-order valence-corrected chi connectivity index (χ3v) is 6.61. The van der Waals surface area contributed by atoms with Gasteiger partial charge in [0.2, 0.25) is 10.0 Å². The highest BCUT2D eigenvalue weighted by atomic mass is 35.5. The second-order valence-corrected chi connectivity index (χ2v) is 7.89.